The van der Waals surface area contributed by atoms with Crippen molar-refractivity contribution in [1.29, 1.82) is 0 Å². The van der Waals surface area contributed by atoms with E-state index in [2.05, 4.69) is 26.0 Å². The highest BCUT2D eigenvalue weighted by Crippen LogP contribution is 2.39. The van der Waals surface area contributed by atoms with E-state index in [0.717, 1.165) is 50.4 Å². The number of carbonyl (C=O) groups is 3. The minimum atomic E-state index is -0.949. The van der Waals surface area contributed by atoms with Crippen LogP contribution in [0.3, 0.4) is 0 Å². The highest BCUT2D eigenvalue weighted by atomic mass is 32.2. The van der Waals surface area contributed by atoms with Gasteiger partial charge in [-0.3, -0.25) is 9.59 Å². The molecule has 0 radical (unpaired) electrons. The molecule has 1 aliphatic rings. The average molecular weight is 560 g/mol. The molecule has 0 bridgehead atoms. The minimum Gasteiger partial charge on any atom is -0.496 e. The van der Waals surface area contributed by atoms with Crippen molar-refractivity contribution < 1.29 is 23.9 Å². The maximum Gasteiger partial charge on any atom is 0.341 e. The van der Waals surface area contributed by atoms with Gasteiger partial charge in [0.05, 0.1) is 25.5 Å². The number of fused-ring (bicyclic) bond motifs is 1. The number of thiophene rings is 1. The third-order valence-electron chi connectivity index (χ3n) is 5.38. The molecule has 194 valence electrons. The van der Waals surface area contributed by atoms with E-state index in [1.807, 2.05) is 19.1 Å². The largest absolute Gasteiger partial charge is 0.496 e. The number of hydrogen-bond acceptors (Lipinski definition) is 11. The summed E-state index contributed by atoms with van der Waals surface area (Å²) in [5.41, 5.74) is 5.11. The van der Waals surface area contributed by atoms with Crippen LogP contribution in [0.15, 0.2) is 27.6 Å². The molecule has 0 fully saturated rings. The summed E-state index contributed by atoms with van der Waals surface area (Å²) in [4.78, 5) is 38.4. The quantitative estimate of drug-likeness (QED) is 0.132. The van der Waals surface area contributed by atoms with Gasteiger partial charge < -0.3 is 14.8 Å². The molecule has 1 aromatic carbocycles. The van der Waals surface area contributed by atoms with E-state index in [-0.39, 0.29) is 6.61 Å². The van der Waals surface area contributed by atoms with Gasteiger partial charge in [0.2, 0.25) is 0 Å². The molecule has 0 unspecified atom stereocenters. The van der Waals surface area contributed by atoms with Crippen LogP contribution in [0.2, 0.25) is 0 Å². The molecule has 2 N–H and O–H groups in total. The summed E-state index contributed by atoms with van der Waals surface area (Å²) < 4.78 is 11.5. The Bertz CT molecular complexity index is 1350. The molecular formula is C24H25N5O5S3. The lowest BCUT2D eigenvalue weighted by molar-refractivity contribution is -0.136. The van der Waals surface area contributed by atoms with E-state index < -0.39 is 17.8 Å². The van der Waals surface area contributed by atoms with Gasteiger partial charge in [0.15, 0.2) is 4.34 Å². The van der Waals surface area contributed by atoms with Gasteiger partial charge in [-0.2, -0.15) is 5.10 Å². The Kier molecular flexibility index (Phi) is 8.90. The van der Waals surface area contributed by atoms with Crippen molar-refractivity contribution in [2.24, 2.45) is 5.10 Å². The summed E-state index contributed by atoms with van der Waals surface area (Å²) in [7, 11) is 1.60. The molecule has 0 atom stereocenters. The molecule has 2 heterocycles. The lowest BCUT2D eigenvalue weighted by atomic mass is 10.1. The van der Waals surface area contributed by atoms with Gasteiger partial charge in [-0.05, 0) is 62.4 Å². The van der Waals surface area contributed by atoms with Crippen molar-refractivity contribution in [3.8, 4) is 5.75 Å². The van der Waals surface area contributed by atoms with E-state index in [1.165, 1.54) is 28.9 Å². The monoisotopic (exact) mass is 559 g/mol. The second-order valence-corrected chi connectivity index (χ2v) is 11.4. The number of anilines is 1. The normalized spacial score (nSPS) is 12.4. The lowest BCUT2D eigenvalue weighted by Crippen LogP contribution is -2.32. The van der Waals surface area contributed by atoms with Crippen LogP contribution in [0.5, 0.6) is 5.75 Å². The number of rotatable bonds is 9. The molecule has 2 aromatic heterocycles. The van der Waals surface area contributed by atoms with Crippen LogP contribution in [0.25, 0.3) is 0 Å². The van der Waals surface area contributed by atoms with Gasteiger partial charge in [0.1, 0.15) is 15.8 Å². The Morgan fingerprint density at radius 2 is 2.03 bits per heavy atom. The summed E-state index contributed by atoms with van der Waals surface area (Å²) in [6, 6.07) is 5.48. The summed E-state index contributed by atoms with van der Waals surface area (Å²) >= 11 is 4.37. The fourth-order valence-electron chi connectivity index (χ4n) is 3.76. The van der Waals surface area contributed by atoms with Crippen LogP contribution in [-0.4, -0.2) is 47.9 Å². The SMILES string of the molecule is CCOC(=O)c1c(NC(=O)C(=O)NN=Cc2ccc(OC)c(CSc3nnc(C)s3)c2)sc2c1CCC2. The first-order valence-electron chi connectivity index (χ1n) is 11.5. The van der Waals surface area contributed by atoms with Crippen molar-refractivity contribution >= 4 is 63.4 Å². The fourth-order valence-corrected chi connectivity index (χ4v) is 6.82. The first-order valence-corrected chi connectivity index (χ1v) is 14.1. The summed E-state index contributed by atoms with van der Waals surface area (Å²) in [6.45, 7) is 3.84. The maximum absolute atomic E-state index is 12.5. The van der Waals surface area contributed by atoms with Gasteiger partial charge in [-0.15, -0.1) is 21.5 Å². The van der Waals surface area contributed by atoms with Crippen LogP contribution in [-0.2, 0) is 32.9 Å². The Balaban J connectivity index is 1.38. The molecular weight excluding hydrogens is 534 g/mol. The van der Waals surface area contributed by atoms with Crippen LogP contribution in [0, 0.1) is 6.92 Å². The highest BCUT2D eigenvalue weighted by molar-refractivity contribution is 8.00. The van der Waals surface area contributed by atoms with Gasteiger partial charge in [-0.25, -0.2) is 10.2 Å². The molecule has 1 aliphatic carbocycles. The number of ether oxygens (including phenoxy) is 2. The van der Waals surface area contributed by atoms with E-state index in [1.54, 1.807) is 31.9 Å². The number of hydrazone groups is 1. The van der Waals surface area contributed by atoms with Crippen molar-refractivity contribution in [1.82, 2.24) is 15.6 Å². The van der Waals surface area contributed by atoms with E-state index in [0.29, 0.717) is 21.9 Å². The first kappa shape index (κ1) is 26.8. The first-order chi connectivity index (χ1) is 17.9. The van der Waals surface area contributed by atoms with Crippen molar-refractivity contribution in [3.63, 3.8) is 0 Å². The zero-order chi connectivity index (χ0) is 26.4. The third kappa shape index (κ3) is 6.53. The lowest BCUT2D eigenvalue weighted by Gasteiger charge is -2.08. The van der Waals surface area contributed by atoms with Crippen LogP contribution in [0.1, 0.15) is 50.3 Å². The number of benzene rings is 1. The van der Waals surface area contributed by atoms with Crippen molar-refractivity contribution in [2.45, 2.75) is 43.2 Å². The van der Waals surface area contributed by atoms with E-state index in [4.69, 9.17) is 9.47 Å². The molecule has 3 aromatic rings. The number of thioether (sulfide) groups is 1. The van der Waals surface area contributed by atoms with Crippen LogP contribution in [0.4, 0.5) is 5.00 Å². The van der Waals surface area contributed by atoms with E-state index in [9.17, 15) is 14.4 Å². The number of aryl methyl sites for hydroxylation is 2. The standard InChI is InChI=1S/C24H25N5O5S3/c1-4-34-23(32)19-16-6-5-7-18(16)37-22(19)26-20(30)21(31)28-25-11-14-8-9-17(33-3)15(10-14)12-35-24-29-27-13(2)36-24/h8-11H,4-7,12H2,1-3H3,(H,26,30)(H,28,31). The van der Waals surface area contributed by atoms with E-state index >= 15 is 0 Å². The Hall–Kier alpha value is -3.29. The van der Waals surface area contributed by atoms with Gasteiger partial charge in [-0.1, -0.05) is 23.1 Å². The Morgan fingerprint density at radius 1 is 1.19 bits per heavy atom. The second kappa shape index (κ2) is 12.3. The third-order valence-corrected chi connectivity index (χ3v) is 8.61. The zero-order valence-corrected chi connectivity index (χ0v) is 22.9. The van der Waals surface area contributed by atoms with Crippen LogP contribution < -0.4 is 15.5 Å². The summed E-state index contributed by atoms with van der Waals surface area (Å²) in [5, 5.41) is 15.8. The Morgan fingerprint density at radius 3 is 2.76 bits per heavy atom. The molecule has 10 nitrogen and oxygen atoms in total. The minimum absolute atomic E-state index is 0.222. The second-order valence-electron chi connectivity index (χ2n) is 7.88. The van der Waals surface area contributed by atoms with Gasteiger partial charge >= 0.3 is 17.8 Å². The number of nitrogens with one attached hydrogen (secondary N) is 2. The summed E-state index contributed by atoms with van der Waals surface area (Å²) in [5.74, 6) is -1.03. The average Bonchev–Trinajstić information content (AvgIpc) is 3.59. The number of carbonyl (C=O) groups excluding carboxylic acids is 3. The maximum atomic E-state index is 12.5. The fraction of sp³-hybridized carbons (Fsp3) is 0.333. The molecule has 37 heavy (non-hydrogen) atoms. The molecule has 0 saturated heterocycles. The molecule has 0 saturated carbocycles. The zero-order valence-electron chi connectivity index (χ0n) is 20.5. The number of amides is 2. The predicted octanol–water partition coefficient (Wildman–Crippen LogP) is 3.96. The summed E-state index contributed by atoms with van der Waals surface area (Å²) in [6.07, 6.45) is 3.97. The van der Waals surface area contributed by atoms with Crippen LogP contribution >= 0.6 is 34.4 Å². The molecule has 0 aliphatic heterocycles. The van der Waals surface area contributed by atoms with Gasteiger partial charge in [0.25, 0.3) is 0 Å². The van der Waals surface area contributed by atoms with Crippen molar-refractivity contribution in [2.75, 3.05) is 19.0 Å². The number of esters is 1. The number of methoxy groups -OCH3 is 1. The number of aromatic nitrogens is 2. The topological polar surface area (TPSA) is 132 Å². The molecule has 2 amide bonds. The predicted molar refractivity (Wildman–Crippen MR) is 144 cm³/mol. The molecule has 4 rings (SSSR count). The Labute approximate surface area is 225 Å². The number of hydrogen-bond donors (Lipinski definition) is 2. The molecule has 13 heteroatoms. The molecule has 0 spiro atoms. The smallest absolute Gasteiger partial charge is 0.341 e. The van der Waals surface area contributed by atoms with Gasteiger partial charge in [0, 0.05) is 16.2 Å². The highest BCUT2D eigenvalue weighted by Gasteiger charge is 2.29. The van der Waals surface area contributed by atoms with Crippen molar-refractivity contribution in [3.05, 3.63) is 50.3 Å². The number of nitrogens with zero attached hydrogens (tertiary/aromatic N) is 3.